The molecule has 0 aromatic carbocycles. The van der Waals surface area contributed by atoms with Gasteiger partial charge in [0.2, 0.25) is 5.82 Å². The van der Waals surface area contributed by atoms with Crippen LogP contribution in [0.1, 0.15) is 24.5 Å². The minimum absolute atomic E-state index is 0.0442. The van der Waals surface area contributed by atoms with Crippen LogP contribution in [0.3, 0.4) is 0 Å². The van der Waals surface area contributed by atoms with Gasteiger partial charge in [-0.2, -0.15) is 0 Å². The van der Waals surface area contributed by atoms with Crippen molar-refractivity contribution in [2.45, 2.75) is 20.3 Å². The molecule has 0 radical (unpaired) electrons. The largest absolute Gasteiger partial charge is 0.378 e. The van der Waals surface area contributed by atoms with Crippen LogP contribution in [0.2, 0.25) is 0 Å². The molecule has 1 rings (SSSR count). The van der Waals surface area contributed by atoms with Crippen LogP contribution in [0, 0.1) is 28.9 Å². The lowest BCUT2D eigenvalue weighted by Crippen LogP contribution is -2.02. The Morgan fingerprint density at radius 2 is 2.32 bits per heavy atom. The highest BCUT2D eigenvalue weighted by molar-refractivity contribution is 8.13. The fourth-order valence-corrected chi connectivity index (χ4v) is 1.86. The lowest BCUT2D eigenvalue weighted by molar-refractivity contribution is -0.384. The van der Waals surface area contributed by atoms with Gasteiger partial charge in [-0.3, -0.25) is 14.9 Å². The number of rotatable bonds is 3. The highest BCUT2D eigenvalue weighted by Crippen LogP contribution is 2.25. The normalized spacial score (nSPS) is 9.58. The second-order valence-corrected chi connectivity index (χ2v) is 4.95. The van der Waals surface area contributed by atoms with E-state index in [1.54, 1.807) is 6.92 Å². The summed E-state index contributed by atoms with van der Waals surface area (Å²) in [5.41, 5.74) is 6.14. The smallest absolute Gasteiger partial charge is 0.315 e. The molecule has 7 heteroatoms. The average Bonchev–Trinajstić information content (AvgIpc) is 2.30. The molecular formula is C12H13N3O3S. The number of hydrogen-bond donors (Lipinski definition) is 1. The molecule has 2 N–H and O–H groups in total. The van der Waals surface area contributed by atoms with Crippen molar-refractivity contribution in [3.8, 4) is 11.8 Å². The number of thioether (sulfide) groups is 1. The Morgan fingerprint density at radius 3 is 2.89 bits per heavy atom. The van der Waals surface area contributed by atoms with Crippen molar-refractivity contribution in [2.24, 2.45) is 0 Å². The molecule has 0 saturated heterocycles. The van der Waals surface area contributed by atoms with E-state index in [-0.39, 0.29) is 16.6 Å². The van der Waals surface area contributed by atoms with E-state index in [0.717, 1.165) is 0 Å². The van der Waals surface area contributed by atoms with Crippen molar-refractivity contribution >= 4 is 28.4 Å². The molecule has 0 atom stereocenters. The lowest BCUT2D eigenvalue weighted by atomic mass is 10.1. The van der Waals surface area contributed by atoms with Crippen molar-refractivity contribution in [2.75, 3.05) is 11.5 Å². The van der Waals surface area contributed by atoms with Gasteiger partial charge in [-0.1, -0.05) is 23.6 Å². The number of nitrogens with zero attached hydrogens (tertiary/aromatic N) is 2. The van der Waals surface area contributed by atoms with Gasteiger partial charge in [0.1, 0.15) is 0 Å². The average molecular weight is 279 g/mol. The third kappa shape index (κ3) is 4.26. The van der Waals surface area contributed by atoms with Gasteiger partial charge in [0, 0.05) is 30.9 Å². The van der Waals surface area contributed by atoms with Crippen LogP contribution >= 0.6 is 11.8 Å². The van der Waals surface area contributed by atoms with Gasteiger partial charge >= 0.3 is 5.69 Å². The van der Waals surface area contributed by atoms with Gasteiger partial charge in [0.15, 0.2) is 5.12 Å². The molecule has 100 valence electrons. The van der Waals surface area contributed by atoms with Crippen molar-refractivity contribution in [3.05, 3.63) is 27.4 Å². The van der Waals surface area contributed by atoms with E-state index in [1.807, 2.05) is 0 Å². The van der Waals surface area contributed by atoms with Gasteiger partial charge in [0.25, 0.3) is 0 Å². The van der Waals surface area contributed by atoms with E-state index in [1.165, 1.54) is 24.9 Å². The zero-order chi connectivity index (χ0) is 14.4. The van der Waals surface area contributed by atoms with Crippen LogP contribution in [0.15, 0.2) is 6.20 Å². The predicted octanol–water partition coefficient (Wildman–Crippen LogP) is 1.90. The van der Waals surface area contributed by atoms with Crippen LogP contribution in [-0.2, 0) is 4.79 Å². The van der Waals surface area contributed by atoms with Crippen LogP contribution in [0.25, 0.3) is 0 Å². The summed E-state index contributed by atoms with van der Waals surface area (Å²) in [6.45, 7) is 3.08. The van der Waals surface area contributed by atoms with Crippen LogP contribution in [0.5, 0.6) is 0 Å². The number of nitrogen functional groups attached to an aromatic ring is 1. The van der Waals surface area contributed by atoms with Gasteiger partial charge in [-0.25, -0.2) is 4.98 Å². The zero-order valence-electron chi connectivity index (χ0n) is 10.6. The van der Waals surface area contributed by atoms with Crippen molar-refractivity contribution in [1.82, 2.24) is 4.98 Å². The van der Waals surface area contributed by atoms with E-state index >= 15 is 0 Å². The molecule has 1 heterocycles. The van der Waals surface area contributed by atoms with Crippen LogP contribution in [0.4, 0.5) is 11.5 Å². The number of hydrogen-bond acceptors (Lipinski definition) is 6. The molecule has 0 spiro atoms. The highest BCUT2D eigenvalue weighted by Gasteiger charge is 2.18. The van der Waals surface area contributed by atoms with E-state index in [0.29, 0.717) is 23.3 Å². The summed E-state index contributed by atoms with van der Waals surface area (Å²) < 4.78 is 0. The van der Waals surface area contributed by atoms with Crippen LogP contribution in [-0.4, -0.2) is 20.8 Å². The molecule has 0 amide bonds. The minimum atomic E-state index is -0.561. The van der Waals surface area contributed by atoms with Crippen molar-refractivity contribution in [3.63, 3.8) is 0 Å². The van der Waals surface area contributed by atoms with E-state index in [4.69, 9.17) is 5.73 Å². The topological polar surface area (TPSA) is 99.1 Å². The Morgan fingerprint density at radius 1 is 1.63 bits per heavy atom. The molecular weight excluding hydrogens is 266 g/mol. The minimum Gasteiger partial charge on any atom is -0.378 e. The molecule has 19 heavy (non-hydrogen) atoms. The van der Waals surface area contributed by atoms with Gasteiger partial charge < -0.3 is 5.73 Å². The zero-order valence-corrected chi connectivity index (χ0v) is 11.4. The summed E-state index contributed by atoms with van der Waals surface area (Å²) in [5, 5.41) is 10.9. The first-order chi connectivity index (χ1) is 8.93. The summed E-state index contributed by atoms with van der Waals surface area (Å²) >= 11 is 1.20. The fraction of sp³-hybridized carbons (Fsp3) is 0.333. The summed E-state index contributed by atoms with van der Waals surface area (Å²) in [6, 6.07) is 0. The summed E-state index contributed by atoms with van der Waals surface area (Å²) in [6.07, 6.45) is 1.95. The molecule has 0 bridgehead atoms. The number of pyridine rings is 1. The first-order valence-electron chi connectivity index (χ1n) is 5.45. The van der Waals surface area contributed by atoms with Gasteiger partial charge in [-0.15, -0.1) is 0 Å². The molecule has 0 aliphatic heterocycles. The summed E-state index contributed by atoms with van der Waals surface area (Å²) in [4.78, 5) is 24.7. The number of aromatic nitrogens is 1. The standard InChI is InChI=1S/C12H13N3O3S/c1-8-10(5-3-4-6-19-9(2)16)7-14-12(13)11(8)15(17)18/h7H,4,6H2,1-2H3,(H2,13,14). The second-order valence-electron chi connectivity index (χ2n) is 3.68. The SMILES string of the molecule is CC(=O)SCCC#Cc1cnc(N)c([N+](=O)[O-])c1C. The fourth-order valence-electron chi connectivity index (χ4n) is 1.37. The molecule has 1 aromatic rings. The monoisotopic (exact) mass is 279 g/mol. The Balaban J connectivity index is 2.86. The van der Waals surface area contributed by atoms with Crippen molar-refractivity contribution < 1.29 is 9.72 Å². The Labute approximate surface area is 114 Å². The Kier molecular flexibility index (Phi) is 5.33. The highest BCUT2D eigenvalue weighted by atomic mass is 32.2. The summed E-state index contributed by atoms with van der Waals surface area (Å²) in [7, 11) is 0. The maximum absolute atomic E-state index is 10.8. The molecule has 0 fully saturated rings. The predicted molar refractivity (Wildman–Crippen MR) is 74.7 cm³/mol. The van der Waals surface area contributed by atoms with E-state index < -0.39 is 4.92 Å². The maximum atomic E-state index is 10.8. The third-order valence-corrected chi connectivity index (χ3v) is 3.09. The number of carbonyl (C=O) groups is 1. The third-order valence-electron chi connectivity index (χ3n) is 2.27. The quantitative estimate of drug-likeness (QED) is 0.392. The lowest BCUT2D eigenvalue weighted by Gasteiger charge is -2.01. The van der Waals surface area contributed by atoms with Gasteiger partial charge in [-0.05, 0) is 6.92 Å². The van der Waals surface area contributed by atoms with Crippen LogP contribution < -0.4 is 5.73 Å². The first kappa shape index (κ1) is 15.0. The first-order valence-corrected chi connectivity index (χ1v) is 6.43. The number of nitrogens with two attached hydrogens (primary N) is 1. The molecule has 0 unspecified atom stereocenters. The van der Waals surface area contributed by atoms with E-state index in [2.05, 4.69) is 16.8 Å². The molecule has 6 nitrogen and oxygen atoms in total. The van der Waals surface area contributed by atoms with Crippen molar-refractivity contribution in [1.29, 1.82) is 0 Å². The number of nitro groups is 1. The molecule has 0 aliphatic carbocycles. The second kappa shape index (κ2) is 6.75. The molecule has 0 aliphatic rings. The van der Waals surface area contributed by atoms with E-state index in [9.17, 15) is 14.9 Å². The summed E-state index contributed by atoms with van der Waals surface area (Å²) in [5.74, 6) is 6.16. The maximum Gasteiger partial charge on any atom is 0.315 e. The number of carbonyl (C=O) groups excluding carboxylic acids is 1. The Hall–Kier alpha value is -2.07. The molecule has 1 aromatic heterocycles. The number of anilines is 1. The molecule has 0 saturated carbocycles. The van der Waals surface area contributed by atoms with Gasteiger partial charge in [0.05, 0.1) is 10.5 Å². The Bertz CT molecular complexity index is 576.